The van der Waals surface area contributed by atoms with Gasteiger partial charge in [0, 0.05) is 28.9 Å². The number of nitro groups is 1. The van der Waals surface area contributed by atoms with Crippen LogP contribution in [-0.4, -0.2) is 35.2 Å². The summed E-state index contributed by atoms with van der Waals surface area (Å²) in [5.74, 6) is -3.66. The zero-order valence-corrected chi connectivity index (χ0v) is 15.0. The largest absolute Gasteiger partial charge is 0.453 e. The van der Waals surface area contributed by atoms with Gasteiger partial charge in [-0.2, -0.15) is 0 Å². The molecule has 0 spiro atoms. The lowest BCUT2D eigenvalue weighted by molar-refractivity contribution is -0.490. The quantitative estimate of drug-likeness (QED) is 0.440. The summed E-state index contributed by atoms with van der Waals surface area (Å²) < 4.78 is 18.2. The van der Waals surface area contributed by atoms with Crippen molar-refractivity contribution in [3.63, 3.8) is 0 Å². The number of carbonyl (C=O) groups is 3. The number of Topliss-reactive ketones (excluding diaryl/α,β-unsaturated/α-hetero) is 1. The number of amides is 1. The van der Waals surface area contributed by atoms with E-state index in [1.807, 2.05) is 0 Å². The first-order valence-corrected chi connectivity index (χ1v) is 8.57. The molecule has 0 aromatic heterocycles. The predicted molar refractivity (Wildman–Crippen MR) is 92.8 cm³/mol. The Labute approximate surface area is 155 Å². The molecule has 1 aliphatic rings. The molecule has 1 aromatic rings. The van der Waals surface area contributed by atoms with Crippen LogP contribution in [0.15, 0.2) is 24.3 Å². The SMILES string of the molecule is C[C@H](OC(=O)C[C@H]1C(=O)C[C@@H](C)[C@H]1C[N+](=O)[O-])C(=O)Nc1cccc(F)c1. The molecule has 1 N–H and O–H groups in total. The predicted octanol–water partition coefficient (Wildman–Crippen LogP) is 2.20. The van der Waals surface area contributed by atoms with E-state index in [1.54, 1.807) is 6.92 Å². The van der Waals surface area contributed by atoms with E-state index in [1.165, 1.54) is 25.1 Å². The van der Waals surface area contributed by atoms with Gasteiger partial charge >= 0.3 is 5.97 Å². The normalized spacial score (nSPS) is 22.9. The standard InChI is InChI=1S/C18H21FN2O6/c1-10-6-16(22)14(15(10)9-21(25)26)8-17(23)27-11(2)18(24)20-13-5-3-4-12(19)7-13/h3-5,7,10-11,14-15H,6,8-9H2,1-2H3,(H,20,24)/t10-,11+,14-,15-/m1/s1. The summed E-state index contributed by atoms with van der Waals surface area (Å²) >= 11 is 0. The Kier molecular flexibility index (Phi) is 6.59. The molecule has 0 radical (unpaired) electrons. The first-order chi connectivity index (χ1) is 12.7. The molecule has 1 aliphatic carbocycles. The van der Waals surface area contributed by atoms with E-state index < -0.39 is 40.6 Å². The van der Waals surface area contributed by atoms with Gasteiger partial charge in [0.25, 0.3) is 5.91 Å². The number of nitrogens with one attached hydrogen (secondary N) is 1. The van der Waals surface area contributed by atoms with E-state index in [2.05, 4.69) is 5.32 Å². The highest BCUT2D eigenvalue weighted by molar-refractivity contribution is 5.95. The molecule has 1 aromatic carbocycles. The molecular formula is C18H21FN2O6. The van der Waals surface area contributed by atoms with Crippen LogP contribution in [0.25, 0.3) is 0 Å². The highest BCUT2D eigenvalue weighted by atomic mass is 19.1. The summed E-state index contributed by atoms with van der Waals surface area (Å²) in [7, 11) is 0. The maximum Gasteiger partial charge on any atom is 0.307 e. The fraction of sp³-hybridized carbons (Fsp3) is 0.500. The fourth-order valence-electron chi connectivity index (χ4n) is 3.29. The molecular weight excluding hydrogens is 359 g/mol. The summed E-state index contributed by atoms with van der Waals surface area (Å²) in [6, 6.07) is 5.24. The Morgan fingerprint density at radius 2 is 2.15 bits per heavy atom. The Morgan fingerprint density at radius 3 is 2.78 bits per heavy atom. The minimum atomic E-state index is -1.16. The molecule has 0 unspecified atom stereocenters. The van der Waals surface area contributed by atoms with Crippen molar-refractivity contribution in [2.24, 2.45) is 17.8 Å². The van der Waals surface area contributed by atoms with Crippen LogP contribution in [0.1, 0.15) is 26.7 Å². The van der Waals surface area contributed by atoms with Crippen molar-refractivity contribution in [1.82, 2.24) is 0 Å². The van der Waals surface area contributed by atoms with Crippen LogP contribution in [0.3, 0.4) is 0 Å². The van der Waals surface area contributed by atoms with Crippen LogP contribution in [0, 0.1) is 33.7 Å². The number of nitrogens with zero attached hydrogens (tertiary/aromatic N) is 1. The van der Waals surface area contributed by atoms with Gasteiger partial charge < -0.3 is 10.1 Å². The third kappa shape index (κ3) is 5.57. The van der Waals surface area contributed by atoms with Gasteiger partial charge in [0.2, 0.25) is 6.54 Å². The number of carbonyl (C=O) groups excluding carboxylic acids is 3. The topological polar surface area (TPSA) is 116 Å². The van der Waals surface area contributed by atoms with Gasteiger partial charge in [0.1, 0.15) is 11.6 Å². The molecule has 1 saturated carbocycles. The average molecular weight is 380 g/mol. The van der Waals surface area contributed by atoms with E-state index in [9.17, 15) is 28.9 Å². The van der Waals surface area contributed by atoms with Crippen LogP contribution in [-0.2, 0) is 19.1 Å². The summed E-state index contributed by atoms with van der Waals surface area (Å²) in [5.41, 5.74) is 0.216. The summed E-state index contributed by atoms with van der Waals surface area (Å²) in [4.78, 5) is 46.5. The number of rotatable bonds is 7. The summed E-state index contributed by atoms with van der Waals surface area (Å²) in [6.07, 6.45) is -1.28. The zero-order chi connectivity index (χ0) is 20.1. The lowest BCUT2D eigenvalue weighted by Crippen LogP contribution is -2.32. The lowest BCUT2D eigenvalue weighted by Gasteiger charge is -2.18. The number of ketones is 1. The van der Waals surface area contributed by atoms with Gasteiger partial charge in [-0.1, -0.05) is 13.0 Å². The number of anilines is 1. The maximum absolute atomic E-state index is 13.1. The number of hydrogen-bond acceptors (Lipinski definition) is 6. The first kappa shape index (κ1) is 20.5. The molecule has 1 fully saturated rings. The Morgan fingerprint density at radius 1 is 1.44 bits per heavy atom. The smallest absolute Gasteiger partial charge is 0.307 e. The van der Waals surface area contributed by atoms with Gasteiger partial charge in [-0.05, 0) is 31.0 Å². The van der Waals surface area contributed by atoms with Crippen molar-refractivity contribution in [1.29, 1.82) is 0 Å². The molecule has 0 aliphatic heterocycles. The van der Waals surface area contributed by atoms with Gasteiger partial charge in [-0.15, -0.1) is 0 Å². The van der Waals surface area contributed by atoms with Gasteiger partial charge in [0.15, 0.2) is 6.10 Å². The lowest BCUT2D eigenvalue weighted by atomic mass is 9.88. The van der Waals surface area contributed by atoms with Gasteiger partial charge in [-0.3, -0.25) is 24.5 Å². The van der Waals surface area contributed by atoms with Crippen LogP contribution >= 0.6 is 0 Å². The number of hydrogen-bond donors (Lipinski definition) is 1. The molecule has 0 saturated heterocycles. The van der Waals surface area contributed by atoms with Crippen molar-refractivity contribution >= 4 is 23.3 Å². The maximum atomic E-state index is 13.1. The monoisotopic (exact) mass is 380 g/mol. The minimum absolute atomic E-state index is 0.186. The third-order valence-electron chi connectivity index (χ3n) is 4.70. The summed E-state index contributed by atoms with van der Waals surface area (Å²) in [5, 5.41) is 13.2. The number of halogens is 1. The Balaban J connectivity index is 1.92. The molecule has 2 rings (SSSR count). The number of benzene rings is 1. The van der Waals surface area contributed by atoms with Crippen molar-refractivity contribution in [3.8, 4) is 0 Å². The molecule has 9 heteroatoms. The zero-order valence-electron chi connectivity index (χ0n) is 15.0. The van der Waals surface area contributed by atoms with E-state index in [0.717, 1.165) is 6.07 Å². The van der Waals surface area contributed by atoms with Crippen LogP contribution in [0.5, 0.6) is 0 Å². The van der Waals surface area contributed by atoms with E-state index >= 15 is 0 Å². The highest BCUT2D eigenvalue weighted by Crippen LogP contribution is 2.36. The van der Waals surface area contributed by atoms with Crippen molar-refractivity contribution in [2.75, 3.05) is 11.9 Å². The van der Waals surface area contributed by atoms with Crippen molar-refractivity contribution in [3.05, 3.63) is 40.2 Å². The molecule has 146 valence electrons. The van der Waals surface area contributed by atoms with Crippen LogP contribution in [0.2, 0.25) is 0 Å². The Hall–Kier alpha value is -2.84. The highest BCUT2D eigenvalue weighted by Gasteiger charge is 2.44. The molecule has 1 amide bonds. The van der Waals surface area contributed by atoms with E-state index in [4.69, 9.17) is 4.74 Å². The summed E-state index contributed by atoms with van der Waals surface area (Å²) in [6.45, 7) is 2.70. The first-order valence-electron chi connectivity index (χ1n) is 8.57. The molecule has 4 atom stereocenters. The van der Waals surface area contributed by atoms with Crippen LogP contribution in [0.4, 0.5) is 10.1 Å². The number of ether oxygens (including phenoxy) is 1. The van der Waals surface area contributed by atoms with Gasteiger partial charge in [0.05, 0.1) is 6.42 Å². The van der Waals surface area contributed by atoms with Crippen molar-refractivity contribution in [2.45, 2.75) is 32.8 Å². The molecule has 0 bridgehead atoms. The Bertz CT molecular complexity index is 753. The second-order valence-electron chi connectivity index (χ2n) is 6.77. The molecule has 8 nitrogen and oxygen atoms in total. The molecule has 0 heterocycles. The van der Waals surface area contributed by atoms with Crippen LogP contribution < -0.4 is 5.32 Å². The van der Waals surface area contributed by atoms with Gasteiger partial charge in [-0.25, -0.2) is 4.39 Å². The minimum Gasteiger partial charge on any atom is -0.453 e. The second-order valence-corrected chi connectivity index (χ2v) is 6.77. The molecule has 27 heavy (non-hydrogen) atoms. The second kappa shape index (κ2) is 8.70. The van der Waals surface area contributed by atoms with Crippen molar-refractivity contribution < 1.29 is 28.4 Å². The average Bonchev–Trinajstić information content (AvgIpc) is 2.81. The van der Waals surface area contributed by atoms with E-state index in [0.29, 0.717) is 0 Å². The number of esters is 1. The fourth-order valence-corrected chi connectivity index (χ4v) is 3.29. The van der Waals surface area contributed by atoms with E-state index in [-0.39, 0.29) is 36.8 Å². The third-order valence-corrected chi connectivity index (χ3v) is 4.70.